The third kappa shape index (κ3) is 19.6. The van der Waals surface area contributed by atoms with E-state index >= 15 is 0 Å². The fourth-order valence-corrected chi connectivity index (χ4v) is 7.84. The number of aromatic nitrogens is 3. The van der Waals surface area contributed by atoms with Gasteiger partial charge in [0.05, 0.1) is 62.0 Å². The van der Waals surface area contributed by atoms with Crippen molar-refractivity contribution in [2.24, 2.45) is 30.2 Å². The van der Waals surface area contributed by atoms with Gasteiger partial charge in [-0.1, -0.05) is 36.1 Å². The number of nitrogens with one attached hydrogen (secondary N) is 3. The molecule has 5 N–H and O–H groups in total. The Labute approximate surface area is 544 Å². The molecule has 0 unspecified atom stereocenters. The quantitative estimate of drug-likeness (QED) is 0.0222. The molecule has 0 aliphatic heterocycles. The molecule has 37 heteroatoms. The van der Waals surface area contributed by atoms with Gasteiger partial charge in [-0.15, -0.1) is 10.2 Å². The van der Waals surface area contributed by atoms with Crippen LogP contribution in [0.5, 0.6) is 5.75 Å². The molecule has 5 aromatic carbocycles. The van der Waals surface area contributed by atoms with Crippen LogP contribution in [0.2, 0.25) is 0 Å². The minimum atomic E-state index is -5.53. The first-order chi connectivity index (χ1) is 31.2. The number of aromatic amines is 3. The van der Waals surface area contributed by atoms with Crippen molar-refractivity contribution in [3.63, 3.8) is 0 Å². The average Bonchev–Trinajstić information content (AvgIpc) is 3.21. The molecule has 73 heavy (non-hydrogen) atoms. The Hall–Kier alpha value is -1.78. The molecule has 0 aliphatic carbocycles. The SMILES string of the molecule is O=C([O-])c1cc(N=c2[nH]c(=NCCS(=O)(=O)[O-])[nH]c(=Nc3ccc(S(=O)(=O)O)c(N=Nc4c(S(=O)(=O)O)cc5cc(S(=O)(=O)[O-])cc(N=C([O-])c6ccccc6)c5c4[O-])c3)[nH]2)cc(C(=O)[O-])c1.[Na+].[Na+].[Na+].[Na+].[Na+].[Na+]. The van der Waals surface area contributed by atoms with Gasteiger partial charge < -0.3 is 39.1 Å². The maximum atomic E-state index is 14.1. The van der Waals surface area contributed by atoms with E-state index in [1.807, 2.05) is 0 Å². The molecule has 6 rings (SSSR count). The van der Waals surface area contributed by atoms with Gasteiger partial charge in [-0.2, -0.15) is 16.8 Å². The van der Waals surface area contributed by atoms with Gasteiger partial charge in [-0.25, -0.2) is 26.8 Å². The van der Waals surface area contributed by atoms with E-state index in [0.717, 1.165) is 30.3 Å². The minimum Gasteiger partial charge on any atom is -0.870 e. The number of azo groups is 1. The summed E-state index contributed by atoms with van der Waals surface area (Å²) in [5.74, 6) is -7.20. The molecule has 1 heterocycles. The fourth-order valence-electron chi connectivity index (χ4n) is 5.74. The van der Waals surface area contributed by atoms with Crippen LogP contribution in [0.3, 0.4) is 0 Å². The van der Waals surface area contributed by atoms with Crippen molar-refractivity contribution in [3.8, 4) is 5.75 Å². The van der Waals surface area contributed by atoms with E-state index in [1.165, 1.54) is 30.3 Å². The maximum absolute atomic E-state index is 14.1. The van der Waals surface area contributed by atoms with Crippen LogP contribution >= 0.6 is 0 Å². The molecule has 350 valence electrons. The second kappa shape index (κ2) is 29.3. The van der Waals surface area contributed by atoms with Crippen LogP contribution in [0.1, 0.15) is 26.3 Å². The number of hydrogen-bond acceptors (Lipinski definition) is 22. The van der Waals surface area contributed by atoms with E-state index in [-0.39, 0.29) is 200 Å². The molecular formula is C36H23N9Na6O18S4. The van der Waals surface area contributed by atoms with Gasteiger partial charge in [0.1, 0.15) is 25.6 Å². The van der Waals surface area contributed by atoms with E-state index in [4.69, 9.17) is 0 Å². The first-order valence-electron chi connectivity index (χ1n) is 17.8. The van der Waals surface area contributed by atoms with E-state index < -0.39 is 141 Å². The summed E-state index contributed by atoms with van der Waals surface area (Å²) in [6.07, 6.45) is 0. The van der Waals surface area contributed by atoms with Crippen molar-refractivity contribution < 1.29 is 259 Å². The van der Waals surface area contributed by atoms with Crippen LogP contribution in [0.15, 0.2) is 130 Å². The molecule has 0 saturated carbocycles. The average molecular weight is 1140 g/mol. The van der Waals surface area contributed by atoms with Crippen LogP contribution in [0, 0.1) is 0 Å². The zero-order valence-corrected chi connectivity index (χ0v) is 54.0. The predicted molar refractivity (Wildman–Crippen MR) is 214 cm³/mol. The number of carboxylic acid groups (broad SMARTS) is 2. The number of carbonyl (C=O) groups excluding carboxylic acids is 2. The molecular weight excluding hydrogens is 1110 g/mol. The first-order valence-corrected chi connectivity index (χ1v) is 23.7. The molecule has 0 spiro atoms. The topological polar surface area (TPSA) is 471 Å². The van der Waals surface area contributed by atoms with Gasteiger partial charge in [-0.05, 0) is 82.6 Å². The van der Waals surface area contributed by atoms with Crippen molar-refractivity contribution in [1.29, 1.82) is 0 Å². The number of nitrogens with zero attached hydrogens (tertiary/aromatic N) is 6. The maximum Gasteiger partial charge on any atom is 1.00 e. The monoisotopic (exact) mass is 1130 g/mol. The number of carboxylic acids is 2. The first kappa shape index (κ1) is 71.2. The minimum absolute atomic E-state index is 0. The summed E-state index contributed by atoms with van der Waals surface area (Å²) in [6, 6.07) is 13.4. The molecule has 6 aromatic rings. The zero-order valence-electron chi connectivity index (χ0n) is 38.7. The van der Waals surface area contributed by atoms with Crippen molar-refractivity contribution >= 4 is 97.5 Å². The number of carbonyl (C=O) groups is 2. The molecule has 0 atom stereocenters. The zero-order chi connectivity index (χ0) is 49.2. The molecule has 27 nitrogen and oxygen atoms in total. The Balaban J connectivity index is 0.00000864. The number of aliphatic imine (C=N–C) groups is 1. The Morgan fingerprint density at radius 2 is 1.11 bits per heavy atom. The molecule has 0 fully saturated rings. The van der Waals surface area contributed by atoms with E-state index in [9.17, 15) is 81.9 Å². The van der Waals surface area contributed by atoms with Crippen LogP contribution in [-0.2, 0) is 40.5 Å². The summed E-state index contributed by atoms with van der Waals surface area (Å²) in [6.45, 7) is -0.663. The van der Waals surface area contributed by atoms with Crippen molar-refractivity contribution in [3.05, 3.63) is 118 Å². The number of H-pyrrole nitrogens is 3. The van der Waals surface area contributed by atoms with Crippen LogP contribution in [0.4, 0.5) is 28.4 Å². The second-order valence-electron chi connectivity index (χ2n) is 13.3. The van der Waals surface area contributed by atoms with Gasteiger partial charge in [0.15, 0.2) is 0 Å². The fraction of sp³-hybridized carbons (Fsp3) is 0.0556. The third-order valence-corrected chi connectivity index (χ3v) is 11.8. The summed E-state index contributed by atoms with van der Waals surface area (Å²) in [7, 11) is -21.0. The summed E-state index contributed by atoms with van der Waals surface area (Å²) < 4.78 is 140. The number of hydrogen-bond donors (Lipinski definition) is 5. The number of benzene rings is 5. The normalized spacial score (nSPS) is 12.6. The predicted octanol–water partition coefficient (Wildman–Crippen LogP) is -20.2. The molecule has 0 radical (unpaired) electrons. The van der Waals surface area contributed by atoms with Crippen LogP contribution < -0.4 is 215 Å². The summed E-state index contributed by atoms with van der Waals surface area (Å²) in [5.41, 5.74) is -6.30. The Bertz CT molecular complexity index is 3790. The third-order valence-electron chi connectivity index (χ3n) is 8.56. The second-order valence-corrected chi connectivity index (χ2v) is 18.9. The number of aromatic carboxylic acids is 2. The van der Waals surface area contributed by atoms with Gasteiger partial charge in [0, 0.05) is 5.39 Å². The van der Waals surface area contributed by atoms with E-state index in [1.54, 1.807) is 0 Å². The van der Waals surface area contributed by atoms with Gasteiger partial charge in [0.2, 0.25) is 16.9 Å². The smallest absolute Gasteiger partial charge is 0.870 e. The van der Waals surface area contributed by atoms with E-state index in [0.29, 0.717) is 24.3 Å². The van der Waals surface area contributed by atoms with Crippen molar-refractivity contribution in [2.45, 2.75) is 14.7 Å². The molecule has 1 aromatic heterocycles. The van der Waals surface area contributed by atoms with Crippen molar-refractivity contribution in [2.75, 3.05) is 12.3 Å². The van der Waals surface area contributed by atoms with E-state index in [2.05, 4.69) is 45.2 Å². The standard InChI is InChI=1S/C36H29N9O18S4.6Na/c46-30-28-18(13-23(65(55,56)57)16-25(28)40-31(47)17-4-2-1-3-5-17)14-27(67(61,62)63)29(30)45-44-24-15-21(6-7-26(24)66(58,59)60)38-35-41-34(37-8-9-64(52,53)54)42-36(43-35)39-22-11-19(32(48)49)10-20(12-22)33(50)51;;;;;;/h1-7,10-16,46H,8-9H2,(H,40,47)(H,48,49)(H,50,51)(H,52,53,54)(H,55,56,57)(H,58,59,60)(H,61,62,63)(H3,37,38,39,41,42,43);;;;;;/q;6*+1/p-6. The van der Waals surface area contributed by atoms with Crippen LogP contribution in [0.25, 0.3) is 10.8 Å². The van der Waals surface area contributed by atoms with Gasteiger partial charge >= 0.3 is 177 Å². The number of rotatable bonds is 14. The van der Waals surface area contributed by atoms with Gasteiger partial charge in [-0.3, -0.25) is 34.0 Å². The van der Waals surface area contributed by atoms with Crippen LogP contribution in [-0.4, -0.2) is 97.0 Å². The van der Waals surface area contributed by atoms with Gasteiger partial charge in [0.25, 0.3) is 20.2 Å². The molecule has 0 amide bonds. The largest absolute Gasteiger partial charge is 1.00 e. The Morgan fingerprint density at radius 3 is 1.62 bits per heavy atom. The molecule has 0 bridgehead atoms. The molecule has 0 aliphatic rings. The van der Waals surface area contributed by atoms with Crippen molar-refractivity contribution in [1.82, 2.24) is 15.0 Å². The summed E-state index contributed by atoms with van der Waals surface area (Å²) >= 11 is 0. The molecule has 0 saturated heterocycles. The summed E-state index contributed by atoms with van der Waals surface area (Å²) in [5, 5.41) is 56.0. The Kier molecular flexibility index (Phi) is 28.6. The number of fused-ring (bicyclic) bond motifs is 1. The Morgan fingerprint density at radius 1 is 0.575 bits per heavy atom. The summed E-state index contributed by atoms with van der Waals surface area (Å²) in [4.78, 5) is 43.0.